The molecular weight excluding hydrogens is 260 g/mol. The van der Waals surface area contributed by atoms with Crippen LogP contribution in [0.3, 0.4) is 0 Å². The van der Waals surface area contributed by atoms with E-state index in [-0.39, 0.29) is 22.8 Å². The van der Waals surface area contributed by atoms with Gasteiger partial charge in [0.25, 0.3) is 5.69 Å². The highest BCUT2D eigenvalue weighted by atomic mass is 16.6. The predicted molar refractivity (Wildman–Crippen MR) is 76.3 cm³/mol. The fourth-order valence-corrected chi connectivity index (χ4v) is 2.71. The molecule has 2 atom stereocenters. The van der Waals surface area contributed by atoms with Gasteiger partial charge in [0.2, 0.25) is 0 Å². The van der Waals surface area contributed by atoms with Gasteiger partial charge in [-0.25, -0.2) is 0 Å². The summed E-state index contributed by atoms with van der Waals surface area (Å²) in [6.45, 7) is 5.60. The van der Waals surface area contributed by atoms with Gasteiger partial charge < -0.3 is 14.4 Å². The van der Waals surface area contributed by atoms with Crippen molar-refractivity contribution in [1.29, 1.82) is 0 Å². The van der Waals surface area contributed by atoms with Crippen LogP contribution >= 0.6 is 0 Å². The van der Waals surface area contributed by atoms with Gasteiger partial charge in [0.1, 0.15) is 5.69 Å². The number of nitrogens with zero attached hydrogens (tertiary/aromatic N) is 2. The number of rotatable bonds is 4. The first kappa shape index (κ1) is 14.7. The van der Waals surface area contributed by atoms with Crippen LogP contribution in [-0.2, 0) is 9.47 Å². The lowest BCUT2D eigenvalue weighted by Crippen LogP contribution is -2.48. The van der Waals surface area contributed by atoms with Gasteiger partial charge in [0, 0.05) is 26.3 Å². The first-order valence-electron chi connectivity index (χ1n) is 6.66. The monoisotopic (exact) mass is 280 g/mol. The van der Waals surface area contributed by atoms with Crippen molar-refractivity contribution < 1.29 is 14.4 Å². The third-order valence-electron chi connectivity index (χ3n) is 3.41. The molecule has 6 nitrogen and oxygen atoms in total. The van der Waals surface area contributed by atoms with E-state index in [0.717, 1.165) is 5.56 Å². The summed E-state index contributed by atoms with van der Waals surface area (Å²) in [6.07, 6.45) is -0.0499. The smallest absolute Gasteiger partial charge is 0.292 e. The molecular formula is C14H20N2O4. The van der Waals surface area contributed by atoms with E-state index < -0.39 is 0 Å². The number of nitro benzene ring substituents is 1. The summed E-state index contributed by atoms with van der Waals surface area (Å²) in [7, 11) is 1.63. The molecule has 110 valence electrons. The van der Waals surface area contributed by atoms with E-state index in [1.54, 1.807) is 19.2 Å². The van der Waals surface area contributed by atoms with Crippen LogP contribution in [0.2, 0.25) is 0 Å². The number of morpholine rings is 1. The summed E-state index contributed by atoms with van der Waals surface area (Å²) < 4.78 is 10.9. The minimum absolute atomic E-state index is 0.0168. The Balaban J connectivity index is 2.32. The molecule has 0 radical (unpaired) electrons. The van der Waals surface area contributed by atoms with E-state index in [0.29, 0.717) is 25.4 Å². The standard InChI is InChI=1S/C14H20N2O4/c1-10-5-4-6-13(16(17)18)14(10)15-7-11(2)20-12(8-15)9-19-3/h4-6,11-12H,7-9H2,1-3H3. The first-order chi connectivity index (χ1) is 9.52. The van der Waals surface area contributed by atoms with E-state index in [1.807, 2.05) is 24.8 Å². The number of ether oxygens (including phenoxy) is 2. The first-order valence-corrected chi connectivity index (χ1v) is 6.66. The molecule has 0 aromatic heterocycles. The van der Waals surface area contributed by atoms with Gasteiger partial charge in [-0.05, 0) is 19.4 Å². The molecule has 2 unspecified atom stereocenters. The van der Waals surface area contributed by atoms with Crippen molar-refractivity contribution in [2.45, 2.75) is 26.1 Å². The molecule has 0 N–H and O–H groups in total. The molecule has 1 heterocycles. The van der Waals surface area contributed by atoms with Crippen LogP contribution in [0, 0.1) is 17.0 Å². The molecule has 0 amide bonds. The maximum Gasteiger partial charge on any atom is 0.292 e. The summed E-state index contributed by atoms with van der Waals surface area (Å²) in [5.74, 6) is 0. The van der Waals surface area contributed by atoms with Gasteiger partial charge in [0.05, 0.1) is 23.7 Å². The average Bonchev–Trinajstić information content (AvgIpc) is 2.37. The zero-order valence-electron chi connectivity index (χ0n) is 12.0. The molecule has 1 saturated heterocycles. The topological polar surface area (TPSA) is 64.8 Å². The van der Waals surface area contributed by atoms with Gasteiger partial charge in [0.15, 0.2) is 0 Å². The van der Waals surface area contributed by atoms with E-state index >= 15 is 0 Å². The predicted octanol–water partition coefficient (Wildman–Crippen LogP) is 2.14. The van der Waals surface area contributed by atoms with Crippen molar-refractivity contribution in [3.8, 4) is 0 Å². The van der Waals surface area contributed by atoms with Crippen LogP contribution in [0.15, 0.2) is 18.2 Å². The number of para-hydroxylation sites is 1. The van der Waals surface area contributed by atoms with Crippen LogP contribution in [0.5, 0.6) is 0 Å². The van der Waals surface area contributed by atoms with Gasteiger partial charge >= 0.3 is 0 Å². The number of benzene rings is 1. The molecule has 2 rings (SSSR count). The molecule has 0 aliphatic carbocycles. The molecule has 0 bridgehead atoms. The lowest BCUT2D eigenvalue weighted by atomic mass is 10.1. The second kappa shape index (κ2) is 6.19. The SMILES string of the molecule is COCC1CN(c2c(C)cccc2[N+](=O)[O-])CC(C)O1. The van der Waals surface area contributed by atoms with E-state index in [2.05, 4.69) is 0 Å². The number of anilines is 1. The maximum absolute atomic E-state index is 11.2. The average molecular weight is 280 g/mol. The van der Waals surface area contributed by atoms with Crippen LogP contribution in [0.1, 0.15) is 12.5 Å². The van der Waals surface area contributed by atoms with E-state index in [1.165, 1.54) is 0 Å². The quantitative estimate of drug-likeness (QED) is 0.624. The summed E-state index contributed by atoms with van der Waals surface area (Å²) in [5, 5.41) is 11.2. The summed E-state index contributed by atoms with van der Waals surface area (Å²) >= 11 is 0. The Morgan fingerprint density at radius 2 is 2.25 bits per heavy atom. The maximum atomic E-state index is 11.2. The number of aryl methyl sites for hydroxylation is 1. The van der Waals surface area contributed by atoms with Crippen molar-refractivity contribution in [3.05, 3.63) is 33.9 Å². The molecule has 1 fully saturated rings. The molecule has 0 spiro atoms. The lowest BCUT2D eigenvalue weighted by Gasteiger charge is -2.38. The third kappa shape index (κ3) is 3.08. The molecule has 1 aliphatic heterocycles. The Labute approximate surface area is 118 Å². The summed E-state index contributed by atoms with van der Waals surface area (Å²) in [6, 6.07) is 5.16. The van der Waals surface area contributed by atoms with Crippen LogP contribution in [0.25, 0.3) is 0 Å². The normalized spacial score (nSPS) is 22.9. The molecule has 0 saturated carbocycles. The third-order valence-corrected chi connectivity index (χ3v) is 3.41. The van der Waals surface area contributed by atoms with Gasteiger partial charge in [-0.2, -0.15) is 0 Å². The zero-order valence-corrected chi connectivity index (χ0v) is 12.0. The van der Waals surface area contributed by atoms with Crippen molar-refractivity contribution in [3.63, 3.8) is 0 Å². The Morgan fingerprint density at radius 3 is 2.90 bits per heavy atom. The Morgan fingerprint density at radius 1 is 1.50 bits per heavy atom. The fourth-order valence-electron chi connectivity index (χ4n) is 2.71. The van der Waals surface area contributed by atoms with Crippen molar-refractivity contribution >= 4 is 11.4 Å². The minimum Gasteiger partial charge on any atom is -0.382 e. The zero-order chi connectivity index (χ0) is 14.7. The van der Waals surface area contributed by atoms with Crippen molar-refractivity contribution in [2.75, 3.05) is 31.7 Å². The van der Waals surface area contributed by atoms with Crippen molar-refractivity contribution in [1.82, 2.24) is 0 Å². The van der Waals surface area contributed by atoms with Crippen LogP contribution in [0.4, 0.5) is 11.4 Å². The summed E-state index contributed by atoms with van der Waals surface area (Å²) in [4.78, 5) is 12.9. The van der Waals surface area contributed by atoms with Crippen LogP contribution in [-0.4, -0.2) is 43.9 Å². The fraction of sp³-hybridized carbons (Fsp3) is 0.571. The van der Waals surface area contributed by atoms with Crippen LogP contribution < -0.4 is 4.90 Å². The van der Waals surface area contributed by atoms with Gasteiger partial charge in [-0.1, -0.05) is 12.1 Å². The second-order valence-corrected chi connectivity index (χ2v) is 5.13. The highest BCUT2D eigenvalue weighted by molar-refractivity contribution is 5.68. The number of hydrogen-bond donors (Lipinski definition) is 0. The Hall–Kier alpha value is -1.66. The van der Waals surface area contributed by atoms with Crippen molar-refractivity contribution in [2.24, 2.45) is 0 Å². The lowest BCUT2D eigenvalue weighted by molar-refractivity contribution is -0.384. The number of hydrogen-bond acceptors (Lipinski definition) is 5. The van der Waals surface area contributed by atoms with Gasteiger partial charge in [-0.3, -0.25) is 10.1 Å². The highest BCUT2D eigenvalue weighted by Crippen LogP contribution is 2.33. The number of nitro groups is 1. The Bertz CT molecular complexity index is 492. The molecule has 1 aromatic carbocycles. The van der Waals surface area contributed by atoms with Gasteiger partial charge in [-0.15, -0.1) is 0 Å². The molecule has 6 heteroatoms. The highest BCUT2D eigenvalue weighted by Gasteiger charge is 2.30. The van der Waals surface area contributed by atoms with E-state index in [4.69, 9.17) is 9.47 Å². The molecule has 1 aromatic rings. The second-order valence-electron chi connectivity index (χ2n) is 5.13. The number of methoxy groups -OCH3 is 1. The minimum atomic E-state index is -0.326. The largest absolute Gasteiger partial charge is 0.382 e. The molecule has 20 heavy (non-hydrogen) atoms. The Kier molecular flexibility index (Phi) is 4.57. The molecule has 1 aliphatic rings. The summed E-state index contributed by atoms with van der Waals surface area (Å²) in [5.41, 5.74) is 1.74. The van der Waals surface area contributed by atoms with E-state index in [9.17, 15) is 10.1 Å².